The van der Waals surface area contributed by atoms with Crippen LogP contribution in [0.3, 0.4) is 0 Å². The molecule has 0 N–H and O–H groups in total. The minimum atomic E-state index is -0.648. The highest BCUT2D eigenvalue weighted by molar-refractivity contribution is 7.14. The highest BCUT2D eigenvalue weighted by atomic mass is 32.1. The van der Waals surface area contributed by atoms with Crippen molar-refractivity contribution < 1.29 is 14.3 Å². The maximum absolute atomic E-state index is 11.7. The van der Waals surface area contributed by atoms with E-state index in [-0.39, 0.29) is 18.1 Å². The molecule has 92 valence electrons. The van der Waals surface area contributed by atoms with E-state index in [9.17, 15) is 9.59 Å². The number of thiophene rings is 1. The molecule has 0 amide bonds. The summed E-state index contributed by atoms with van der Waals surface area (Å²) in [4.78, 5) is 32.4. The van der Waals surface area contributed by atoms with Gasteiger partial charge in [0.15, 0.2) is 12.3 Å². The van der Waals surface area contributed by atoms with Gasteiger partial charge in [0, 0.05) is 17.3 Å². The van der Waals surface area contributed by atoms with E-state index < -0.39 is 5.97 Å². The van der Waals surface area contributed by atoms with Crippen molar-refractivity contribution in [2.24, 2.45) is 0 Å². The Bertz CT molecular complexity index is 566. The van der Waals surface area contributed by atoms with Crippen molar-refractivity contribution in [2.75, 3.05) is 6.61 Å². The van der Waals surface area contributed by atoms with E-state index in [1.807, 2.05) is 13.0 Å². The molecule has 2 aromatic rings. The highest BCUT2D eigenvalue weighted by Crippen LogP contribution is 2.15. The molecule has 0 atom stereocenters. The van der Waals surface area contributed by atoms with Crippen molar-refractivity contribution in [3.8, 4) is 0 Å². The summed E-state index contributed by atoms with van der Waals surface area (Å²) < 4.78 is 4.87. The van der Waals surface area contributed by atoms with Crippen LogP contribution in [0.4, 0.5) is 0 Å². The number of hydrogen-bond donors (Lipinski definition) is 0. The second-order valence-corrected chi connectivity index (χ2v) is 4.79. The molecule has 0 bridgehead atoms. The predicted molar refractivity (Wildman–Crippen MR) is 65.7 cm³/mol. The van der Waals surface area contributed by atoms with Gasteiger partial charge in [0.05, 0.1) is 11.1 Å². The molecule has 0 aliphatic rings. The van der Waals surface area contributed by atoms with Crippen LogP contribution < -0.4 is 0 Å². The predicted octanol–water partition coefficient (Wildman–Crippen LogP) is 1.89. The topological polar surface area (TPSA) is 69.2 Å². The monoisotopic (exact) mass is 262 g/mol. The first-order chi connectivity index (χ1) is 8.66. The average molecular weight is 262 g/mol. The molecule has 18 heavy (non-hydrogen) atoms. The molecular formula is C12H10N2O3S. The van der Waals surface area contributed by atoms with E-state index in [4.69, 9.17) is 4.74 Å². The van der Waals surface area contributed by atoms with E-state index in [1.54, 1.807) is 6.07 Å². The quantitative estimate of drug-likeness (QED) is 0.621. The molecule has 2 aromatic heterocycles. The fourth-order valence-electron chi connectivity index (χ4n) is 1.27. The number of Topliss-reactive ketones (excluding diaryl/α,β-unsaturated/α-hetero) is 1. The number of ether oxygens (including phenoxy) is 1. The minimum Gasteiger partial charge on any atom is -0.452 e. The van der Waals surface area contributed by atoms with Crippen LogP contribution in [0.5, 0.6) is 0 Å². The van der Waals surface area contributed by atoms with E-state index >= 15 is 0 Å². The van der Waals surface area contributed by atoms with Gasteiger partial charge >= 0.3 is 5.97 Å². The molecule has 0 aromatic carbocycles. The van der Waals surface area contributed by atoms with Crippen LogP contribution in [-0.4, -0.2) is 28.3 Å². The number of esters is 1. The van der Waals surface area contributed by atoms with Gasteiger partial charge in [-0.05, 0) is 19.1 Å². The zero-order valence-electron chi connectivity index (χ0n) is 9.62. The van der Waals surface area contributed by atoms with Crippen LogP contribution in [0, 0.1) is 6.92 Å². The molecule has 0 spiro atoms. The second kappa shape index (κ2) is 5.50. The SMILES string of the molecule is Cc1ccc(C(=O)COC(=O)c2cnccn2)s1. The van der Waals surface area contributed by atoms with Gasteiger partial charge in [0.1, 0.15) is 0 Å². The summed E-state index contributed by atoms with van der Waals surface area (Å²) in [5.74, 6) is -0.866. The van der Waals surface area contributed by atoms with Gasteiger partial charge < -0.3 is 4.74 Å². The Morgan fingerprint density at radius 1 is 1.33 bits per heavy atom. The summed E-state index contributed by atoms with van der Waals surface area (Å²) in [7, 11) is 0. The molecule has 5 nitrogen and oxygen atoms in total. The average Bonchev–Trinajstić information content (AvgIpc) is 2.83. The molecule has 6 heteroatoms. The van der Waals surface area contributed by atoms with Crippen molar-refractivity contribution in [2.45, 2.75) is 6.92 Å². The third kappa shape index (κ3) is 2.98. The first-order valence-corrected chi connectivity index (χ1v) is 6.01. The summed E-state index contributed by atoms with van der Waals surface area (Å²) in [6.45, 7) is 1.63. The molecule has 0 aliphatic carbocycles. The number of carbonyl (C=O) groups is 2. The molecule has 0 radical (unpaired) electrons. The Balaban J connectivity index is 1.92. The molecule has 2 rings (SSSR count). The minimum absolute atomic E-state index is 0.0904. The zero-order valence-corrected chi connectivity index (χ0v) is 10.4. The van der Waals surface area contributed by atoms with Crippen LogP contribution in [0.15, 0.2) is 30.7 Å². The number of aryl methyl sites for hydroxylation is 1. The maximum atomic E-state index is 11.7. The molecule has 0 fully saturated rings. The third-order valence-corrected chi connectivity index (χ3v) is 3.16. The number of carbonyl (C=O) groups excluding carboxylic acids is 2. The van der Waals surface area contributed by atoms with Gasteiger partial charge in [-0.1, -0.05) is 0 Å². The molecule has 0 saturated carbocycles. The lowest BCUT2D eigenvalue weighted by molar-refractivity contribution is 0.0469. The Morgan fingerprint density at radius 3 is 2.78 bits per heavy atom. The Hall–Kier alpha value is -2.08. The van der Waals surface area contributed by atoms with Gasteiger partial charge in [-0.25, -0.2) is 9.78 Å². The molecule has 2 heterocycles. The summed E-state index contributed by atoms with van der Waals surface area (Å²) in [5, 5.41) is 0. The summed E-state index contributed by atoms with van der Waals surface area (Å²) in [6.07, 6.45) is 4.14. The van der Waals surface area contributed by atoms with Crippen LogP contribution in [0.1, 0.15) is 25.0 Å². The van der Waals surface area contributed by atoms with E-state index in [0.29, 0.717) is 4.88 Å². The lowest BCUT2D eigenvalue weighted by Crippen LogP contribution is -2.14. The highest BCUT2D eigenvalue weighted by Gasteiger charge is 2.13. The standard InChI is InChI=1S/C12H10N2O3S/c1-8-2-3-11(18-8)10(15)7-17-12(16)9-6-13-4-5-14-9/h2-6H,7H2,1H3. The molecule has 0 aliphatic heterocycles. The lowest BCUT2D eigenvalue weighted by Gasteiger charge is -2.01. The van der Waals surface area contributed by atoms with Crippen LogP contribution >= 0.6 is 11.3 Å². The normalized spacial score (nSPS) is 10.1. The van der Waals surface area contributed by atoms with E-state index in [0.717, 1.165) is 4.88 Å². The number of nitrogens with zero attached hydrogens (tertiary/aromatic N) is 2. The lowest BCUT2D eigenvalue weighted by atomic mass is 10.3. The zero-order chi connectivity index (χ0) is 13.0. The van der Waals surface area contributed by atoms with Gasteiger partial charge in [-0.15, -0.1) is 11.3 Å². The first-order valence-electron chi connectivity index (χ1n) is 5.19. The Kier molecular flexibility index (Phi) is 3.78. The van der Waals surface area contributed by atoms with Gasteiger partial charge in [0.25, 0.3) is 0 Å². The van der Waals surface area contributed by atoms with Crippen molar-refractivity contribution >= 4 is 23.1 Å². The summed E-state index contributed by atoms with van der Waals surface area (Å²) in [5.41, 5.74) is 0.0904. The number of ketones is 1. The summed E-state index contributed by atoms with van der Waals surface area (Å²) >= 11 is 1.37. The third-order valence-electron chi connectivity index (χ3n) is 2.12. The number of hydrogen-bond acceptors (Lipinski definition) is 6. The van der Waals surface area contributed by atoms with Crippen molar-refractivity contribution in [3.63, 3.8) is 0 Å². The molecular weight excluding hydrogens is 252 g/mol. The van der Waals surface area contributed by atoms with E-state index in [2.05, 4.69) is 9.97 Å². The van der Waals surface area contributed by atoms with Gasteiger partial charge in [-0.2, -0.15) is 0 Å². The largest absolute Gasteiger partial charge is 0.452 e. The fourth-order valence-corrected chi connectivity index (χ4v) is 2.06. The van der Waals surface area contributed by atoms with Crippen molar-refractivity contribution in [3.05, 3.63) is 46.2 Å². The van der Waals surface area contributed by atoms with Gasteiger partial charge in [0.2, 0.25) is 5.78 Å². The van der Waals surface area contributed by atoms with Gasteiger partial charge in [-0.3, -0.25) is 9.78 Å². The second-order valence-electron chi connectivity index (χ2n) is 3.50. The number of rotatable bonds is 4. The number of aromatic nitrogens is 2. The van der Waals surface area contributed by atoms with Crippen LogP contribution in [0.2, 0.25) is 0 Å². The fraction of sp³-hybridized carbons (Fsp3) is 0.167. The Labute approximate surface area is 107 Å². The smallest absolute Gasteiger partial charge is 0.358 e. The van der Waals surface area contributed by atoms with Crippen molar-refractivity contribution in [1.29, 1.82) is 0 Å². The van der Waals surface area contributed by atoms with E-state index in [1.165, 1.54) is 29.9 Å². The molecule has 0 saturated heterocycles. The maximum Gasteiger partial charge on any atom is 0.358 e. The first kappa shape index (κ1) is 12.4. The molecule has 0 unspecified atom stereocenters. The van der Waals surface area contributed by atoms with Crippen molar-refractivity contribution in [1.82, 2.24) is 9.97 Å². The Morgan fingerprint density at radius 2 is 2.17 bits per heavy atom. The van der Waals surface area contributed by atoms with Crippen LogP contribution in [0.25, 0.3) is 0 Å². The van der Waals surface area contributed by atoms with Crippen LogP contribution in [-0.2, 0) is 4.74 Å². The summed E-state index contributed by atoms with van der Waals surface area (Å²) in [6, 6.07) is 3.57.